The average Bonchev–Trinajstić information content (AvgIpc) is 3.35. The first-order valence-electron chi connectivity index (χ1n) is 18.8. The molecule has 0 aliphatic heterocycles. The van der Waals surface area contributed by atoms with Crippen LogP contribution in [0, 0.1) is 5.41 Å². The summed E-state index contributed by atoms with van der Waals surface area (Å²) in [7, 11) is 1.37. The Bertz CT molecular complexity index is 2160. The minimum absolute atomic E-state index is 0.000936. The monoisotopic (exact) mass is 773 g/mol. The number of ether oxygens (including phenoxy) is 1. The van der Waals surface area contributed by atoms with Gasteiger partial charge in [-0.1, -0.05) is 129 Å². The lowest BCUT2D eigenvalue weighted by molar-refractivity contribution is -0.138. The van der Waals surface area contributed by atoms with Crippen molar-refractivity contribution in [3.8, 4) is 5.75 Å². The summed E-state index contributed by atoms with van der Waals surface area (Å²) in [6, 6.07) is 21.5. The van der Waals surface area contributed by atoms with Gasteiger partial charge in [0.15, 0.2) is 11.9 Å². The zero-order valence-corrected chi connectivity index (χ0v) is 34.8. The van der Waals surface area contributed by atoms with E-state index in [1.54, 1.807) is 63.2 Å². The maximum Gasteiger partial charge on any atom is 0.349 e. The fourth-order valence-corrected chi connectivity index (χ4v) is 6.61. The number of halogens is 1. The Balaban J connectivity index is 1.64. The summed E-state index contributed by atoms with van der Waals surface area (Å²) in [5.74, 6) is -1.72. The van der Waals surface area contributed by atoms with Crippen LogP contribution in [0.1, 0.15) is 105 Å². The molecule has 4 aromatic rings. The maximum absolute atomic E-state index is 14.2. The van der Waals surface area contributed by atoms with Crippen molar-refractivity contribution in [2.75, 3.05) is 10.6 Å². The molecule has 2 unspecified atom stereocenters. The van der Waals surface area contributed by atoms with E-state index in [0.29, 0.717) is 22.4 Å². The highest BCUT2D eigenvalue weighted by molar-refractivity contribution is 6.45. The van der Waals surface area contributed by atoms with Crippen LogP contribution in [-0.2, 0) is 43.8 Å². The van der Waals surface area contributed by atoms with Crippen LogP contribution in [-0.4, -0.2) is 37.6 Å². The molecule has 0 saturated carbocycles. The van der Waals surface area contributed by atoms with Crippen LogP contribution in [0.25, 0.3) is 0 Å². The maximum atomic E-state index is 14.2. The number of nitrogens with zero attached hydrogens (tertiary/aromatic N) is 3. The number of ketones is 1. The predicted octanol–water partition coefficient (Wildman–Crippen LogP) is 7.71. The molecule has 0 spiro atoms. The molecular weight excluding hydrogens is 718 g/mol. The number of hydrogen-bond donors (Lipinski definition) is 2. The van der Waals surface area contributed by atoms with Crippen molar-refractivity contribution in [3.05, 3.63) is 110 Å². The van der Waals surface area contributed by atoms with Gasteiger partial charge in [-0.2, -0.15) is 0 Å². The quantitative estimate of drug-likeness (QED) is 0.0940. The van der Waals surface area contributed by atoms with Gasteiger partial charge in [-0.15, -0.1) is 0 Å². The highest BCUT2D eigenvalue weighted by atomic mass is 35.5. The second-order valence-electron chi connectivity index (χ2n) is 16.4. The second-order valence-corrected chi connectivity index (χ2v) is 16.9. The van der Waals surface area contributed by atoms with Crippen LogP contribution in [0.15, 0.2) is 82.4 Å². The molecule has 1 aromatic heterocycles. The number of rotatable bonds is 15. The molecule has 0 aliphatic rings. The summed E-state index contributed by atoms with van der Waals surface area (Å²) < 4.78 is 9.08. The number of Topliss-reactive ketones (excluding diaryl/α,β-unsaturated/α-hetero) is 1. The number of carbonyl (C=O) groups is 3. The minimum Gasteiger partial charge on any atom is -0.480 e. The van der Waals surface area contributed by atoms with Crippen LogP contribution in [0.3, 0.4) is 0 Å². The van der Waals surface area contributed by atoms with E-state index in [1.165, 1.54) is 18.7 Å². The van der Waals surface area contributed by atoms with E-state index in [4.69, 9.17) is 16.3 Å². The van der Waals surface area contributed by atoms with Crippen molar-refractivity contribution < 1.29 is 19.1 Å². The van der Waals surface area contributed by atoms with E-state index in [2.05, 4.69) is 64.3 Å². The summed E-state index contributed by atoms with van der Waals surface area (Å²) in [6.45, 7) is 19.6. The van der Waals surface area contributed by atoms with Crippen LogP contribution in [0.4, 0.5) is 11.4 Å². The molecule has 0 aliphatic carbocycles. The summed E-state index contributed by atoms with van der Waals surface area (Å²) >= 11 is 6.95. The fraction of sp³-hybridized carbons (Fsp3) is 0.465. The summed E-state index contributed by atoms with van der Waals surface area (Å²) in [5, 5.41) is 5.51. The third-order valence-electron chi connectivity index (χ3n) is 10.6. The summed E-state index contributed by atoms with van der Waals surface area (Å²) in [5.41, 5.74) is 0.112. The Morgan fingerprint density at radius 2 is 1.36 bits per heavy atom. The van der Waals surface area contributed by atoms with Gasteiger partial charge in [0.05, 0.1) is 6.54 Å². The molecule has 2 atom stereocenters. The Morgan fingerprint density at radius 1 is 0.764 bits per heavy atom. The van der Waals surface area contributed by atoms with E-state index < -0.39 is 45.5 Å². The molecule has 3 aromatic carbocycles. The number of benzene rings is 3. The Kier molecular flexibility index (Phi) is 12.8. The van der Waals surface area contributed by atoms with Gasteiger partial charge in [0.25, 0.3) is 16.8 Å². The molecule has 2 N–H and O–H groups in total. The molecule has 0 fully saturated rings. The molecular formula is C43H56ClN5O6. The number of nitrogens with one attached hydrogen (secondary N) is 2. The van der Waals surface area contributed by atoms with Crippen LogP contribution < -0.4 is 26.7 Å². The predicted molar refractivity (Wildman–Crippen MR) is 219 cm³/mol. The lowest BCUT2D eigenvalue weighted by Gasteiger charge is -2.31. The highest BCUT2D eigenvalue weighted by Gasteiger charge is 2.53. The van der Waals surface area contributed by atoms with E-state index in [0.717, 1.165) is 33.3 Å². The first-order valence-corrected chi connectivity index (χ1v) is 19.2. The molecule has 0 radical (unpaired) electrons. The van der Waals surface area contributed by atoms with Crippen molar-refractivity contribution in [2.24, 2.45) is 12.5 Å². The van der Waals surface area contributed by atoms with Gasteiger partial charge < -0.3 is 15.4 Å². The molecule has 12 heteroatoms. The van der Waals surface area contributed by atoms with E-state index in [-0.39, 0.29) is 23.1 Å². The number of aromatic nitrogens is 3. The third-order valence-corrected chi connectivity index (χ3v) is 11.1. The van der Waals surface area contributed by atoms with Gasteiger partial charge in [0, 0.05) is 29.4 Å². The third kappa shape index (κ3) is 8.99. The van der Waals surface area contributed by atoms with E-state index in [1.807, 2.05) is 19.1 Å². The summed E-state index contributed by atoms with van der Waals surface area (Å²) in [6.07, 6.45) is 1.39. The number of carbonyl (C=O) groups excluding carboxylic acids is 3. The van der Waals surface area contributed by atoms with Crippen molar-refractivity contribution in [1.82, 2.24) is 13.9 Å². The average molecular weight is 774 g/mol. The second kappa shape index (κ2) is 16.5. The Morgan fingerprint density at radius 3 is 1.93 bits per heavy atom. The number of anilines is 2. The molecule has 11 nitrogen and oxygen atoms in total. The molecule has 0 saturated heterocycles. The van der Waals surface area contributed by atoms with Gasteiger partial charge in [-0.05, 0) is 65.5 Å². The van der Waals surface area contributed by atoms with Crippen molar-refractivity contribution in [2.45, 2.75) is 117 Å². The molecule has 2 amide bonds. The van der Waals surface area contributed by atoms with E-state index in [9.17, 15) is 24.0 Å². The molecule has 0 bridgehead atoms. The Hall–Kier alpha value is -4.90. The molecule has 1 heterocycles. The lowest BCUT2D eigenvalue weighted by atomic mass is 9.76. The first-order chi connectivity index (χ1) is 25.6. The van der Waals surface area contributed by atoms with Gasteiger partial charge in [-0.25, -0.2) is 23.5 Å². The highest BCUT2D eigenvalue weighted by Crippen LogP contribution is 2.39. The zero-order chi connectivity index (χ0) is 41.1. The van der Waals surface area contributed by atoms with Gasteiger partial charge in [-0.3, -0.25) is 14.4 Å². The van der Waals surface area contributed by atoms with Crippen molar-refractivity contribution in [3.63, 3.8) is 0 Å². The van der Waals surface area contributed by atoms with Crippen molar-refractivity contribution >= 4 is 40.6 Å². The van der Waals surface area contributed by atoms with Gasteiger partial charge in [0.2, 0.25) is 0 Å². The zero-order valence-electron chi connectivity index (χ0n) is 34.0. The summed E-state index contributed by atoms with van der Waals surface area (Å²) in [4.78, 5) is 66.6. The van der Waals surface area contributed by atoms with Crippen LogP contribution in [0.2, 0.25) is 0 Å². The molecule has 4 rings (SSSR count). The first kappa shape index (κ1) is 42.8. The van der Waals surface area contributed by atoms with Gasteiger partial charge >= 0.3 is 11.4 Å². The standard InChI is InChI=1S/C43H56ClN5O6/c1-12-33(55-34-24-23-29(41(7,8)13-2)25-32(34)42(9,10)14-3)35(50)45-30-21-18-22-31(26-30)46-37(52)43(44,36(51)40(4,5)6)49-38(53)47(11)48(39(49)54)27-28-19-16-15-17-20-28/h15-26,33H,12-14,27H2,1-11H3,(H,45,50)(H,46,52). The minimum atomic E-state index is -2.75. The van der Waals surface area contributed by atoms with Crippen LogP contribution in [0.5, 0.6) is 5.75 Å². The number of alkyl halides is 1. The molecule has 296 valence electrons. The number of hydrogen-bond acceptors (Lipinski definition) is 6. The smallest absolute Gasteiger partial charge is 0.349 e. The normalized spacial score (nSPS) is 13.8. The van der Waals surface area contributed by atoms with Crippen LogP contribution >= 0.6 is 11.6 Å². The molecule has 55 heavy (non-hydrogen) atoms. The Labute approximate surface area is 329 Å². The van der Waals surface area contributed by atoms with Gasteiger partial charge in [0.1, 0.15) is 5.75 Å². The van der Waals surface area contributed by atoms with E-state index >= 15 is 0 Å². The number of amides is 2. The topological polar surface area (TPSA) is 133 Å². The largest absolute Gasteiger partial charge is 0.480 e. The SMILES string of the molecule is CCC(Oc1ccc(C(C)(C)CC)cc1C(C)(C)CC)C(=O)Nc1cccc(NC(=O)C(Cl)(C(=O)C(C)(C)C)n2c(=O)n(C)n(Cc3ccccc3)c2=O)c1. The van der Waals surface area contributed by atoms with Crippen molar-refractivity contribution in [1.29, 1.82) is 0 Å². The fourth-order valence-electron chi connectivity index (χ4n) is 6.13. The lowest BCUT2D eigenvalue weighted by Crippen LogP contribution is -2.58.